The zero-order chi connectivity index (χ0) is 13.1. The summed E-state index contributed by atoms with van der Waals surface area (Å²) >= 11 is 0. The van der Waals surface area contributed by atoms with Gasteiger partial charge < -0.3 is 9.88 Å². The number of fused-ring (bicyclic) bond motifs is 1. The topological polar surface area (TPSA) is 42.7 Å². The van der Waals surface area contributed by atoms with Crippen molar-refractivity contribution in [1.82, 2.24) is 14.5 Å². The van der Waals surface area contributed by atoms with Gasteiger partial charge >= 0.3 is 0 Å². The molecule has 4 heteroatoms. The summed E-state index contributed by atoms with van der Waals surface area (Å²) in [6.45, 7) is 4.47. The first kappa shape index (κ1) is 11.5. The predicted octanol–water partition coefficient (Wildman–Crippen LogP) is 3.36. The molecular weight excluding hydrogens is 236 g/mol. The number of hydrogen-bond donors (Lipinski definition) is 1. The van der Waals surface area contributed by atoms with Crippen LogP contribution in [0.2, 0.25) is 0 Å². The SMILES string of the molecule is C=CCn1ccnc1Nc1ccc2ncccc2c1. The number of allylic oxidation sites excluding steroid dienone is 1. The Labute approximate surface area is 111 Å². The molecule has 1 N–H and O–H groups in total. The lowest BCUT2D eigenvalue weighted by molar-refractivity contribution is 0.833. The van der Waals surface area contributed by atoms with E-state index in [-0.39, 0.29) is 0 Å². The molecule has 0 fully saturated rings. The average Bonchev–Trinajstić information content (AvgIpc) is 2.86. The highest BCUT2D eigenvalue weighted by Gasteiger charge is 2.02. The Morgan fingerprint density at radius 2 is 2.16 bits per heavy atom. The first-order valence-corrected chi connectivity index (χ1v) is 6.10. The molecule has 2 aromatic heterocycles. The second-order valence-corrected chi connectivity index (χ2v) is 4.23. The molecule has 0 unspecified atom stereocenters. The molecule has 4 nitrogen and oxygen atoms in total. The van der Waals surface area contributed by atoms with Crippen molar-refractivity contribution < 1.29 is 0 Å². The Balaban J connectivity index is 1.92. The fourth-order valence-electron chi connectivity index (χ4n) is 2.00. The minimum Gasteiger partial charge on any atom is -0.326 e. The molecule has 0 spiro atoms. The van der Waals surface area contributed by atoms with Crippen molar-refractivity contribution in [3.8, 4) is 0 Å². The van der Waals surface area contributed by atoms with Gasteiger partial charge in [-0.05, 0) is 24.3 Å². The van der Waals surface area contributed by atoms with Gasteiger partial charge in [-0.15, -0.1) is 6.58 Å². The van der Waals surface area contributed by atoms with E-state index in [1.807, 2.05) is 41.1 Å². The fourth-order valence-corrected chi connectivity index (χ4v) is 2.00. The van der Waals surface area contributed by atoms with Crippen molar-refractivity contribution in [3.05, 3.63) is 61.6 Å². The average molecular weight is 250 g/mol. The molecule has 3 aromatic rings. The van der Waals surface area contributed by atoms with Crippen LogP contribution in [0.25, 0.3) is 10.9 Å². The van der Waals surface area contributed by atoms with E-state index in [9.17, 15) is 0 Å². The first-order chi connectivity index (χ1) is 9.36. The molecule has 0 atom stereocenters. The number of rotatable bonds is 4. The Morgan fingerprint density at radius 3 is 3.05 bits per heavy atom. The number of nitrogens with zero attached hydrogens (tertiary/aromatic N) is 3. The Hall–Kier alpha value is -2.62. The zero-order valence-electron chi connectivity index (χ0n) is 10.5. The van der Waals surface area contributed by atoms with Crippen LogP contribution in [0.3, 0.4) is 0 Å². The van der Waals surface area contributed by atoms with Gasteiger partial charge in [-0.2, -0.15) is 0 Å². The van der Waals surface area contributed by atoms with Crippen LogP contribution in [0.15, 0.2) is 61.6 Å². The summed E-state index contributed by atoms with van der Waals surface area (Å²) in [6, 6.07) is 10.0. The molecule has 19 heavy (non-hydrogen) atoms. The summed E-state index contributed by atoms with van der Waals surface area (Å²) in [5, 5.41) is 4.41. The molecule has 3 rings (SSSR count). The van der Waals surface area contributed by atoms with E-state index in [0.717, 1.165) is 29.1 Å². The largest absolute Gasteiger partial charge is 0.326 e. The number of imidazole rings is 1. The highest BCUT2D eigenvalue weighted by Crippen LogP contribution is 2.20. The highest BCUT2D eigenvalue weighted by atomic mass is 15.2. The molecule has 0 amide bonds. The third kappa shape index (κ3) is 2.33. The van der Waals surface area contributed by atoms with Gasteiger partial charge in [0.25, 0.3) is 0 Å². The van der Waals surface area contributed by atoms with Gasteiger partial charge in [0.1, 0.15) is 0 Å². The summed E-state index contributed by atoms with van der Waals surface area (Å²) in [7, 11) is 0. The van der Waals surface area contributed by atoms with Crippen LogP contribution in [0.1, 0.15) is 0 Å². The maximum absolute atomic E-state index is 4.30. The van der Waals surface area contributed by atoms with Crippen molar-refractivity contribution in [2.45, 2.75) is 6.54 Å². The fraction of sp³-hybridized carbons (Fsp3) is 0.0667. The molecule has 2 heterocycles. The Morgan fingerprint density at radius 1 is 1.21 bits per heavy atom. The van der Waals surface area contributed by atoms with Crippen molar-refractivity contribution in [3.63, 3.8) is 0 Å². The lowest BCUT2D eigenvalue weighted by Crippen LogP contribution is -2.01. The second-order valence-electron chi connectivity index (χ2n) is 4.23. The minimum absolute atomic E-state index is 0.734. The third-order valence-corrected chi connectivity index (χ3v) is 2.90. The van der Waals surface area contributed by atoms with Gasteiger partial charge in [-0.25, -0.2) is 4.98 Å². The van der Waals surface area contributed by atoms with Crippen molar-refractivity contribution in [1.29, 1.82) is 0 Å². The molecule has 94 valence electrons. The lowest BCUT2D eigenvalue weighted by atomic mass is 10.2. The van der Waals surface area contributed by atoms with Gasteiger partial charge in [-0.3, -0.25) is 4.98 Å². The van der Waals surface area contributed by atoms with Gasteiger partial charge in [-0.1, -0.05) is 12.1 Å². The molecule has 1 aromatic carbocycles. The molecule has 0 saturated heterocycles. The maximum Gasteiger partial charge on any atom is 0.207 e. The van der Waals surface area contributed by atoms with Gasteiger partial charge in [0.2, 0.25) is 5.95 Å². The van der Waals surface area contributed by atoms with Crippen molar-refractivity contribution >= 4 is 22.5 Å². The summed E-state index contributed by atoms with van der Waals surface area (Å²) in [6.07, 6.45) is 7.34. The van der Waals surface area contributed by atoms with Crippen LogP contribution in [0.4, 0.5) is 11.6 Å². The van der Waals surface area contributed by atoms with Crippen LogP contribution in [-0.2, 0) is 6.54 Å². The molecule has 0 aliphatic rings. The van der Waals surface area contributed by atoms with E-state index in [0.29, 0.717) is 0 Å². The number of benzene rings is 1. The highest BCUT2D eigenvalue weighted by molar-refractivity contribution is 5.82. The number of anilines is 2. The Kier molecular flexibility index (Phi) is 2.98. The molecule has 0 aliphatic carbocycles. The lowest BCUT2D eigenvalue weighted by Gasteiger charge is -2.08. The van der Waals surface area contributed by atoms with E-state index >= 15 is 0 Å². The van der Waals surface area contributed by atoms with E-state index in [4.69, 9.17) is 0 Å². The maximum atomic E-state index is 4.30. The van der Waals surface area contributed by atoms with Crippen LogP contribution >= 0.6 is 0 Å². The van der Waals surface area contributed by atoms with Crippen LogP contribution in [0.5, 0.6) is 0 Å². The summed E-state index contributed by atoms with van der Waals surface area (Å²) in [4.78, 5) is 8.60. The quantitative estimate of drug-likeness (QED) is 0.722. The van der Waals surface area contributed by atoms with Gasteiger partial charge in [0.05, 0.1) is 5.52 Å². The predicted molar refractivity (Wildman–Crippen MR) is 77.4 cm³/mol. The number of pyridine rings is 1. The zero-order valence-corrected chi connectivity index (χ0v) is 10.5. The molecular formula is C15H14N4. The molecule has 0 aliphatic heterocycles. The van der Waals surface area contributed by atoms with Gasteiger partial charge in [0.15, 0.2) is 0 Å². The molecule has 0 bridgehead atoms. The third-order valence-electron chi connectivity index (χ3n) is 2.90. The summed E-state index contributed by atoms with van der Waals surface area (Å²) in [5.74, 6) is 0.808. The minimum atomic E-state index is 0.734. The van der Waals surface area contributed by atoms with E-state index in [2.05, 4.69) is 27.9 Å². The number of aromatic nitrogens is 3. The van der Waals surface area contributed by atoms with Crippen LogP contribution in [-0.4, -0.2) is 14.5 Å². The van der Waals surface area contributed by atoms with Crippen LogP contribution < -0.4 is 5.32 Å². The van der Waals surface area contributed by atoms with E-state index < -0.39 is 0 Å². The van der Waals surface area contributed by atoms with E-state index in [1.54, 1.807) is 12.4 Å². The first-order valence-electron chi connectivity index (χ1n) is 6.10. The standard InChI is InChI=1S/C15H14N4/c1-2-9-19-10-8-17-15(19)18-13-5-6-14-12(11-13)4-3-7-16-14/h2-8,10-11H,1,9H2,(H,17,18). The van der Waals surface area contributed by atoms with E-state index in [1.165, 1.54) is 0 Å². The Bertz CT molecular complexity index is 715. The smallest absolute Gasteiger partial charge is 0.207 e. The number of hydrogen-bond acceptors (Lipinski definition) is 3. The second kappa shape index (κ2) is 4.94. The monoisotopic (exact) mass is 250 g/mol. The van der Waals surface area contributed by atoms with Crippen LogP contribution in [0, 0.1) is 0 Å². The molecule has 0 saturated carbocycles. The summed E-state index contributed by atoms with van der Waals surface area (Å²) in [5.41, 5.74) is 1.99. The van der Waals surface area contributed by atoms with Crippen molar-refractivity contribution in [2.75, 3.05) is 5.32 Å². The van der Waals surface area contributed by atoms with Crippen molar-refractivity contribution in [2.24, 2.45) is 0 Å². The molecule has 0 radical (unpaired) electrons. The van der Waals surface area contributed by atoms with Gasteiger partial charge in [0, 0.05) is 36.2 Å². The summed E-state index contributed by atoms with van der Waals surface area (Å²) < 4.78 is 2.00. The normalized spacial score (nSPS) is 10.5. The number of nitrogens with one attached hydrogen (secondary N) is 1.